The van der Waals surface area contributed by atoms with Crippen LogP contribution in [-0.4, -0.2) is 6.29 Å². The quantitative estimate of drug-likeness (QED) is 0.433. The molecule has 0 fully saturated rings. The molecule has 0 aliphatic rings. The zero-order valence-electron chi connectivity index (χ0n) is 7.11. The molecule has 10 heavy (non-hydrogen) atoms. The highest BCUT2D eigenvalue weighted by Gasteiger charge is 1.96. The van der Waals surface area contributed by atoms with Gasteiger partial charge in [0, 0.05) is 0 Å². The molecule has 0 N–H and O–H groups in total. The third kappa shape index (κ3) is 2.81. The van der Waals surface area contributed by atoms with Crippen molar-refractivity contribution < 1.29 is 4.79 Å². The molecule has 58 valence electrons. The summed E-state index contributed by atoms with van der Waals surface area (Å²) in [7, 11) is 0. The molecule has 0 aliphatic carbocycles. The van der Waals surface area contributed by atoms with Crippen LogP contribution < -0.4 is 0 Å². The van der Waals surface area contributed by atoms with Crippen LogP contribution in [0.25, 0.3) is 0 Å². The predicted octanol–water partition coefficient (Wildman–Crippen LogP) is 2.71. The van der Waals surface area contributed by atoms with E-state index in [0.717, 1.165) is 31.1 Å². The van der Waals surface area contributed by atoms with Gasteiger partial charge >= 0.3 is 0 Å². The molecule has 0 aromatic heterocycles. The Morgan fingerprint density at radius 2 is 2.00 bits per heavy atom. The minimum Gasteiger partial charge on any atom is -0.298 e. The molecule has 0 spiro atoms. The molecule has 0 atom stereocenters. The van der Waals surface area contributed by atoms with E-state index in [-0.39, 0.29) is 0 Å². The van der Waals surface area contributed by atoms with Crippen molar-refractivity contribution in [1.29, 1.82) is 0 Å². The second-order valence-corrected chi connectivity index (χ2v) is 2.53. The van der Waals surface area contributed by atoms with Gasteiger partial charge in [-0.25, -0.2) is 0 Å². The van der Waals surface area contributed by atoms with Crippen LogP contribution in [0.4, 0.5) is 0 Å². The number of aldehydes is 1. The summed E-state index contributed by atoms with van der Waals surface area (Å²) in [5.74, 6) is 0. The zero-order valence-corrected chi connectivity index (χ0v) is 7.11. The zero-order chi connectivity index (χ0) is 7.98. The van der Waals surface area contributed by atoms with Gasteiger partial charge < -0.3 is 0 Å². The van der Waals surface area contributed by atoms with Gasteiger partial charge in [0.05, 0.1) is 0 Å². The van der Waals surface area contributed by atoms with Gasteiger partial charge in [-0.15, -0.1) is 0 Å². The molecule has 0 unspecified atom stereocenters. The van der Waals surface area contributed by atoms with Gasteiger partial charge in [-0.05, 0) is 25.3 Å². The highest BCUT2D eigenvalue weighted by molar-refractivity contribution is 5.74. The van der Waals surface area contributed by atoms with Crippen molar-refractivity contribution in [1.82, 2.24) is 0 Å². The lowest BCUT2D eigenvalue weighted by Crippen LogP contribution is -1.88. The third-order valence-corrected chi connectivity index (χ3v) is 1.70. The summed E-state index contributed by atoms with van der Waals surface area (Å²) < 4.78 is 0. The Bertz CT molecular complexity index is 134. The number of allylic oxidation sites excluding steroid dienone is 2. The van der Waals surface area contributed by atoms with E-state index >= 15 is 0 Å². The highest BCUT2D eigenvalue weighted by atomic mass is 16.1. The first-order valence-electron chi connectivity index (χ1n) is 3.90. The second-order valence-electron chi connectivity index (χ2n) is 2.53. The Morgan fingerprint density at radius 1 is 1.40 bits per heavy atom. The van der Waals surface area contributed by atoms with Crippen molar-refractivity contribution in [3.63, 3.8) is 0 Å². The van der Waals surface area contributed by atoms with E-state index in [9.17, 15) is 4.79 Å². The Labute approximate surface area is 63.1 Å². The van der Waals surface area contributed by atoms with Gasteiger partial charge in [0.25, 0.3) is 0 Å². The van der Waals surface area contributed by atoms with Crippen LogP contribution in [0.1, 0.15) is 40.0 Å². The van der Waals surface area contributed by atoms with Gasteiger partial charge in [-0.1, -0.05) is 25.8 Å². The van der Waals surface area contributed by atoms with Crippen molar-refractivity contribution in [2.24, 2.45) is 0 Å². The maximum atomic E-state index is 10.4. The molecule has 0 amide bonds. The molecular formula is C9H16O. The van der Waals surface area contributed by atoms with Crippen molar-refractivity contribution >= 4 is 6.29 Å². The van der Waals surface area contributed by atoms with Crippen LogP contribution in [0.5, 0.6) is 0 Å². The van der Waals surface area contributed by atoms with Crippen LogP contribution in [0, 0.1) is 0 Å². The van der Waals surface area contributed by atoms with Crippen molar-refractivity contribution in [2.45, 2.75) is 40.0 Å². The van der Waals surface area contributed by atoms with E-state index in [2.05, 4.69) is 6.92 Å². The van der Waals surface area contributed by atoms with Crippen molar-refractivity contribution in [3.8, 4) is 0 Å². The maximum absolute atomic E-state index is 10.4. The molecule has 0 saturated heterocycles. The number of hydrogen-bond donors (Lipinski definition) is 0. The van der Waals surface area contributed by atoms with Gasteiger partial charge in [-0.3, -0.25) is 4.79 Å². The summed E-state index contributed by atoms with van der Waals surface area (Å²) in [5.41, 5.74) is 2.22. The maximum Gasteiger partial charge on any atom is 0.145 e. The number of hydrogen-bond acceptors (Lipinski definition) is 1. The lowest BCUT2D eigenvalue weighted by molar-refractivity contribution is -0.105. The van der Waals surface area contributed by atoms with E-state index in [1.807, 2.05) is 13.8 Å². The SMILES string of the molecule is CCCC(C)=C(C=O)CC. The van der Waals surface area contributed by atoms with Gasteiger partial charge in [0.15, 0.2) is 0 Å². The number of carbonyl (C=O) groups is 1. The second kappa shape index (κ2) is 5.21. The normalized spacial score (nSPS) is 12.7. The molecule has 0 rings (SSSR count). The molecule has 0 radical (unpaired) electrons. The Kier molecular flexibility index (Phi) is 4.91. The minimum absolute atomic E-state index is 0.870. The fourth-order valence-corrected chi connectivity index (χ4v) is 1.02. The molecule has 0 saturated carbocycles. The van der Waals surface area contributed by atoms with Crippen LogP contribution in [0.2, 0.25) is 0 Å². The topological polar surface area (TPSA) is 17.1 Å². The lowest BCUT2D eigenvalue weighted by atomic mass is 10.0. The fraction of sp³-hybridized carbons (Fsp3) is 0.667. The van der Waals surface area contributed by atoms with E-state index in [1.165, 1.54) is 5.57 Å². The van der Waals surface area contributed by atoms with Crippen molar-refractivity contribution in [2.75, 3.05) is 0 Å². The molecular weight excluding hydrogens is 124 g/mol. The Hall–Kier alpha value is -0.590. The Morgan fingerprint density at radius 3 is 2.30 bits per heavy atom. The number of rotatable bonds is 4. The smallest absolute Gasteiger partial charge is 0.145 e. The van der Waals surface area contributed by atoms with Gasteiger partial charge in [0.1, 0.15) is 6.29 Å². The first kappa shape index (κ1) is 9.41. The van der Waals surface area contributed by atoms with Crippen LogP contribution >= 0.6 is 0 Å². The van der Waals surface area contributed by atoms with Gasteiger partial charge in [-0.2, -0.15) is 0 Å². The summed E-state index contributed by atoms with van der Waals surface area (Å²) >= 11 is 0. The first-order chi connectivity index (χ1) is 4.76. The van der Waals surface area contributed by atoms with Crippen molar-refractivity contribution in [3.05, 3.63) is 11.1 Å². The monoisotopic (exact) mass is 140 g/mol. The molecule has 0 bridgehead atoms. The highest BCUT2D eigenvalue weighted by Crippen LogP contribution is 2.10. The van der Waals surface area contributed by atoms with E-state index < -0.39 is 0 Å². The lowest BCUT2D eigenvalue weighted by Gasteiger charge is -2.00. The molecule has 1 nitrogen and oxygen atoms in total. The molecule has 0 aliphatic heterocycles. The standard InChI is InChI=1S/C9H16O/c1-4-6-8(3)9(5-2)7-10/h7H,4-6H2,1-3H3. The molecule has 1 heteroatoms. The molecule has 0 aromatic rings. The fourth-order valence-electron chi connectivity index (χ4n) is 1.02. The van der Waals surface area contributed by atoms with E-state index in [1.54, 1.807) is 0 Å². The summed E-state index contributed by atoms with van der Waals surface area (Å²) in [4.78, 5) is 10.4. The average Bonchev–Trinajstić information content (AvgIpc) is 1.91. The number of carbonyl (C=O) groups excluding carboxylic acids is 1. The largest absolute Gasteiger partial charge is 0.298 e. The summed E-state index contributed by atoms with van der Waals surface area (Å²) in [6.07, 6.45) is 4.03. The molecule has 0 aromatic carbocycles. The third-order valence-electron chi connectivity index (χ3n) is 1.70. The van der Waals surface area contributed by atoms with E-state index in [4.69, 9.17) is 0 Å². The van der Waals surface area contributed by atoms with Crippen LogP contribution in [0.15, 0.2) is 11.1 Å². The summed E-state index contributed by atoms with van der Waals surface area (Å²) in [5, 5.41) is 0. The summed E-state index contributed by atoms with van der Waals surface area (Å²) in [6, 6.07) is 0. The van der Waals surface area contributed by atoms with Gasteiger partial charge in [0.2, 0.25) is 0 Å². The summed E-state index contributed by atoms with van der Waals surface area (Å²) in [6.45, 7) is 6.18. The molecule has 0 heterocycles. The predicted molar refractivity (Wildman–Crippen MR) is 44.0 cm³/mol. The average molecular weight is 140 g/mol. The van der Waals surface area contributed by atoms with Crippen LogP contribution in [-0.2, 0) is 4.79 Å². The van der Waals surface area contributed by atoms with E-state index in [0.29, 0.717) is 0 Å². The minimum atomic E-state index is 0.870. The van der Waals surface area contributed by atoms with Crippen LogP contribution in [0.3, 0.4) is 0 Å². The Balaban J connectivity index is 4.12. The first-order valence-corrected chi connectivity index (χ1v) is 3.90.